The molecule has 0 aromatic carbocycles. The number of rotatable bonds is 0. The Kier molecular flexibility index (Phi) is 2.39. The first-order valence-corrected chi connectivity index (χ1v) is 3.30. The van der Waals surface area contributed by atoms with E-state index in [0.29, 0.717) is 0 Å². The minimum Gasteiger partial charge on any atom is -0.345 e. The molecule has 66 valence electrons. The zero-order valence-corrected chi connectivity index (χ0v) is 6.02. The first-order chi connectivity index (χ1) is 5.00. The topological polar surface area (TPSA) is 18.5 Å². The fraction of sp³-hybridized carbons (Fsp3) is 1.00. The van der Waals surface area contributed by atoms with Crippen molar-refractivity contribution in [2.24, 2.45) is 5.92 Å². The number of halogens is 3. The Hall–Kier alpha value is -0.290. The van der Waals surface area contributed by atoms with Crippen molar-refractivity contribution in [1.29, 1.82) is 0 Å². The van der Waals surface area contributed by atoms with Gasteiger partial charge in [-0.2, -0.15) is 13.2 Å². The van der Waals surface area contributed by atoms with Crippen molar-refractivity contribution >= 4 is 0 Å². The van der Waals surface area contributed by atoms with Crippen molar-refractivity contribution in [3.8, 4) is 0 Å². The van der Waals surface area contributed by atoms with Crippen molar-refractivity contribution in [2.75, 3.05) is 13.2 Å². The summed E-state index contributed by atoms with van der Waals surface area (Å²) in [6.07, 6.45) is -6.40. The van der Waals surface area contributed by atoms with Crippen LogP contribution in [0.25, 0.3) is 0 Å². The van der Waals surface area contributed by atoms with Gasteiger partial charge in [0.1, 0.15) is 0 Å². The van der Waals surface area contributed by atoms with Crippen LogP contribution < -0.4 is 0 Å². The van der Waals surface area contributed by atoms with Crippen molar-refractivity contribution < 1.29 is 22.6 Å². The van der Waals surface area contributed by atoms with Gasteiger partial charge in [-0.3, -0.25) is 0 Å². The SMILES string of the molecule is CC1COC(C(F)(F)F)OC1. The summed E-state index contributed by atoms with van der Waals surface area (Å²) in [7, 11) is 0. The lowest BCUT2D eigenvalue weighted by molar-refractivity contribution is -0.333. The van der Waals surface area contributed by atoms with E-state index in [1.54, 1.807) is 6.92 Å². The molecule has 1 aliphatic rings. The Bertz CT molecular complexity index is 126. The third-order valence-corrected chi connectivity index (χ3v) is 1.33. The second-order valence-electron chi connectivity index (χ2n) is 2.65. The van der Waals surface area contributed by atoms with Crippen LogP contribution in [-0.4, -0.2) is 25.7 Å². The summed E-state index contributed by atoms with van der Waals surface area (Å²) in [6.45, 7) is 2.00. The third-order valence-electron chi connectivity index (χ3n) is 1.33. The lowest BCUT2D eigenvalue weighted by Crippen LogP contribution is -2.40. The van der Waals surface area contributed by atoms with Gasteiger partial charge in [0.2, 0.25) is 0 Å². The van der Waals surface area contributed by atoms with Gasteiger partial charge in [0, 0.05) is 5.92 Å². The molecule has 0 N–H and O–H groups in total. The van der Waals surface area contributed by atoms with E-state index in [9.17, 15) is 13.2 Å². The van der Waals surface area contributed by atoms with Gasteiger partial charge in [0.25, 0.3) is 6.29 Å². The van der Waals surface area contributed by atoms with Gasteiger partial charge in [0.15, 0.2) is 0 Å². The predicted molar refractivity (Wildman–Crippen MR) is 30.9 cm³/mol. The average molecular weight is 170 g/mol. The molecule has 5 heteroatoms. The van der Waals surface area contributed by atoms with Gasteiger partial charge in [-0.25, -0.2) is 0 Å². The van der Waals surface area contributed by atoms with Crippen LogP contribution in [0.15, 0.2) is 0 Å². The second-order valence-corrected chi connectivity index (χ2v) is 2.65. The lowest BCUT2D eigenvalue weighted by Gasteiger charge is -2.28. The molecule has 1 fully saturated rings. The molecule has 0 spiro atoms. The first kappa shape index (κ1) is 8.80. The monoisotopic (exact) mass is 170 g/mol. The lowest BCUT2D eigenvalue weighted by atomic mass is 10.2. The van der Waals surface area contributed by atoms with Crippen molar-refractivity contribution in [2.45, 2.75) is 19.4 Å². The molecular weight excluding hydrogens is 161 g/mol. The fourth-order valence-electron chi connectivity index (χ4n) is 0.789. The molecular formula is C6H9F3O2. The Balaban J connectivity index is 2.39. The maximum Gasteiger partial charge on any atom is 0.440 e. The van der Waals surface area contributed by atoms with E-state index in [4.69, 9.17) is 0 Å². The van der Waals surface area contributed by atoms with Crippen LogP contribution in [0.3, 0.4) is 0 Å². The van der Waals surface area contributed by atoms with Crippen LogP contribution in [0, 0.1) is 5.92 Å². The van der Waals surface area contributed by atoms with E-state index in [2.05, 4.69) is 9.47 Å². The molecule has 0 aliphatic carbocycles. The molecule has 0 bridgehead atoms. The summed E-state index contributed by atoms with van der Waals surface area (Å²) in [5.74, 6) is 0.0496. The highest BCUT2D eigenvalue weighted by atomic mass is 19.4. The number of ether oxygens (including phenoxy) is 2. The molecule has 1 saturated heterocycles. The summed E-state index contributed by atoms with van der Waals surface area (Å²) < 4.78 is 44.3. The van der Waals surface area contributed by atoms with Crippen LogP contribution >= 0.6 is 0 Å². The minimum absolute atomic E-state index is 0.0496. The van der Waals surface area contributed by atoms with Gasteiger partial charge >= 0.3 is 6.18 Å². The predicted octanol–water partition coefficient (Wildman–Crippen LogP) is 1.56. The number of hydrogen-bond donors (Lipinski definition) is 0. The molecule has 0 amide bonds. The summed E-state index contributed by atoms with van der Waals surface area (Å²) in [5, 5.41) is 0. The molecule has 0 aromatic heterocycles. The van der Waals surface area contributed by atoms with Crippen LogP contribution in [-0.2, 0) is 9.47 Å². The van der Waals surface area contributed by atoms with Gasteiger partial charge in [-0.15, -0.1) is 0 Å². The zero-order chi connectivity index (χ0) is 8.48. The maximum atomic E-state index is 11.8. The van der Waals surface area contributed by atoms with Crippen molar-refractivity contribution in [3.63, 3.8) is 0 Å². The van der Waals surface area contributed by atoms with E-state index >= 15 is 0 Å². The van der Waals surface area contributed by atoms with Crippen molar-refractivity contribution in [3.05, 3.63) is 0 Å². The maximum absolute atomic E-state index is 11.8. The zero-order valence-electron chi connectivity index (χ0n) is 6.02. The van der Waals surface area contributed by atoms with Gasteiger partial charge in [-0.05, 0) is 0 Å². The third kappa shape index (κ3) is 2.34. The van der Waals surface area contributed by atoms with Gasteiger partial charge in [0.05, 0.1) is 13.2 Å². The van der Waals surface area contributed by atoms with E-state index in [0.717, 1.165) is 0 Å². The highest BCUT2D eigenvalue weighted by molar-refractivity contribution is 4.63. The van der Waals surface area contributed by atoms with Crippen LogP contribution in [0.5, 0.6) is 0 Å². The molecule has 0 saturated carbocycles. The number of hydrogen-bond acceptors (Lipinski definition) is 2. The molecule has 0 atom stereocenters. The first-order valence-electron chi connectivity index (χ1n) is 3.30. The van der Waals surface area contributed by atoms with Crippen LogP contribution in [0.4, 0.5) is 13.2 Å². The fourth-order valence-corrected chi connectivity index (χ4v) is 0.789. The minimum atomic E-state index is -4.39. The normalized spacial score (nSPS) is 33.8. The average Bonchev–Trinajstić information content (AvgIpc) is 1.86. The van der Waals surface area contributed by atoms with E-state index in [1.165, 1.54) is 0 Å². The quantitative estimate of drug-likeness (QED) is 0.549. The van der Waals surface area contributed by atoms with E-state index in [1.807, 2.05) is 0 Å². The summed E-state index contributed by atoms with van der Waals surface area (Å²) in [5.41, 5.74) is 0. The molecule has 1 heterocycles. The van der Waals surface area contributed by atoms with Crippen LogP contribution in [0.2, 0.25) is 0 Å². The Labute approximate surface area is 62.3 Å². The highest BCUT2D eigenvalue weighted by Gasteiger charge is 2.43. The van der Waals surface area contributed by atoms with Crippen molar-refractivity contribution in [1.82, 2.24) is 0 Å². The summed E-state index contributed by atoms with van der Waals surface area (Å²) in [6, 6.07) is 0. The summed E-state index contributed by atoms with van der Waals surface area (Å²) in [4.78, 5) is 0. The Morgan fingerprint density at radius 3 is 2.00 bits per heavy atom. The van der Waals surface area contributed by atoms with Gasteiger partial charge in [-0.1, -0.05) is 6.92 Å². The van der Waals surface area contributed by atoms with E-state index < -0.39 is 12.5 Å². The van der Waals surface area contributed by atoms with E-state index in [-0.39, 0.29) is 19.1 Å². The molecule has 1 rings (SSSR count). The highest BCUT2D eigenvalue weighted by Crippen LogP contribution is 2.27. The summed E-state index contributed by atoms with van der Waals surface area (Å²) >= 11 is 0. The number of alkyl halides is 3. The molecule has 0 unspecified atom stereocenters. The molecule has 0 aromatic rings. The van der Waals surface area contributed by atoms with Gasteiger partial charge < -0.3 is 9.47 Å². The molecule has 1 aliphatic heterocycles. The largest absolute Gasteiger partial charge is 0.440 e. The smallest absolute Gasteiger partial charge is 0.345 e. The standard InChI is InChI=1S/C6H9F3O2/c1-4-2-10-5(11-3-4)6(7,8)9/h4-5H,2-3H2,1H3. The molecule has 11 heavy (non-hydrogen) atoms. The molecule has 2 nitrogen and oxygen atoms in total. The molecule has 0 radical (unpaired) electrons. The van der Waals surface area contributed by atoms with Crippen LogP contribution in [0.1, 0.15) is 6.92 Å². The Morgan fingerprint density at radius 2 is 1.64 bits per heavy atom. The Morgan fingerprint density at radius 1 is 1.18 bits per heavy atom. The second kappa shape index (κ2) is 2.98.